The van der Waals surface area contributed by atoms with E-state index in [2.05, 4.69) is 10.6 Å². The molecule has 0 spiro atoms. The molecule has 0 saturated carbocycles. The van der Waals surface area contributed by atoms with E-state index < -0.39 is 34.4 Å². The van der Waals surface area contributed by atoms with Crippen LogP contribution in [0.5, 0.6) is 0 Å². The Labute approximate surface area is 122 Å². The highest BCUT2D eigenvalue weighted by Gasteiger charge is 2.37. The molecule has 116 valence electrons. The van der Waals surface area contributed by atoms with Gasteiger partial charge >= 0.3 is 0 Å². The molecule has 0 heterocycles. The third-order valence-electron chi connectivity index (χ3n) is 2.80. The van der Waals surface area contributed by atoms with Crippen LogP contribution in [0.1, 0.15) is 34.6 Å². The summed E-state index contributed by atoms with van der Waals surface area (Å²) in [5.74, 6) is -3.12. The van der Waals surface area contributed by atoms with Gasteiger partial charge in [0.25, 0.3) is 0 Å². The fourth-order valence-corrected chi connectivity index (χ4v) is 1.46. The molecule has 2 N–H and O–H groups in total. The molecule has 2 amide bonds. The number of hydrogen-bond donors (Lipinski definition) is 2. The van der Waals surface area contributed by atoms with Crippen molar-refractivity contribution in [1.82, 2.24) is 5.32 Å². The Bertz CT molecular complexity index is 563. The van der Waals surface area contributed by atoms with Crippen molar-refractivity contribution in [3.05, 3.63) is 29.8 Å². The Morgan fingerprint density at radius 2 is 1.52 bits per heavy atom. The molecule has 0 aromatic heterocycles. The monoisotopic (exact) mass is 298 g/mol. The first kappa shape index (κ1) is 17.1. The summed E-state index contributed by atoms with van der Waals surface area (Å²) in [4.78, 5) is 24.3. The largest absolute Gasteiger partial charge is 0.351 e. The van der Waals surface area contributed by atoms with Crippen molar-refractivity contribution in [3.8, 4) is 0 Å². The number of carbonyl (C=O) groups is 2. The minimum Gasteiger partial charge on any atom is -0.351 e. The van der Waals surface area contributed by atoms with Crippen molar-refractivity contribution in [1.29, 1.82) is 0 Å². The van der Waals surface area contributed by atoms with Gasteiger partial charge in [0.1, 0.15) is 5.41 Å². The number of carbonyl (C=O) groups excluding carboxylic acids is 2. The lowest BCUT2D eigenvalue weighted by Crippen LogP contribution is -2.51. The second kappa shape index (κ2) is 5.79. The number of hydrogen-bond acceptors (Lipinski definition) is 2. The molecule has 21 heavy (non-hydrogen) atoms. The average molecular weight is 298 g/mol. The summed E-state index contributed by atoms with van der Waals surface area (Å²) in [5.41, 5.74) is -1.73. The lowest BCUT2D eigenvalue weighted by atomic mass is 9.89. The zero-order valence-electron chi connectivity index (χ0n) is 12.8. The van der Waals surface area contributed by atoms with Crippen LogP contribution in [-0.2, 0) is 9.59 Å². The first-order valence-corrected chi connectivity index (χ1v) is 6.52. The van der Waals surface area contributed by atoms with E-state index in [4.69, 9.17) is 0 Å². The van der Waals surface area contributed by atoms with E-state index in [-0.39, 0.29) is 5.69 Å². The van der Waals surface area contributed by atoms with Crippen molar-refractivity contribution in [2.75, 3.05) is 5.32 Å². The molecule has 0 radical (unpaired) electrons. The van der Waals surface area contributed by atoms with Gasteiger partial charge in [0.2, 0.25) is 11.8 Å². The summed E-state index contributed by atoms with van der Waals surface area (Å²) < 4.78 is 25.9. The molecular weight excluding hydrogens is 278 g/mol. The molecule has 0 atom stereocenters. The minimum atomic E-state index is -1.35. The third-order valence-corrected chi connectivity index (χ3v) is 2.80. The predicted molar refractivity (Wildman–Crippen MR) is 76.7 cm³/mol. The smallest absolute Gasteiger partial charge is 0.239 e. The van der Waals surface area contributed by atoms with E-state index in [1.807, 2.05) is 0 Å². The molecule has 4 nitrogen and oxygen atoms in total. The van der Waals surface area contributed by atoms with Crippen molar-refractivity contribution < 1.29 is 18.4 Å². The Balaban J connectivity index is 2.86. The third kappa shape index (κ3) is 4.51. The summed E-state index contributed by atoms with van der Waals surface area (Å²) in [6.45, 7) is 8.32. The summed E-state index contributed by atoms with van der Waals surface area (Å²) in [6, 6.07) is 3.01. The molecule has 0 aliphatic carbocycles. The molecule has 0 unspecified atom stereocenters. The lowest BCUT2D eigenvalue weighted by molar-refractivity contribution is -0.139. The van der Waals surface area contributed by atoms with Gasteiger partial charge in [0, 0.05) is 17.3 Å². The van der Waals surface area contributed by atoms with Crippen LogP contribution in [0.3, 0.4) is 0 Å². The Morgan fingerprint density at radius 3 is 2.00 bits per heavy atom. The summed E-state index contributed by atoms with van der Waals surface area (Å²) in [6.07, 6.45) is 0. The molecular formula is C15H20F2N2O2. The van der Waals surface area contributed by atoms with Crippen LogP contribution in [0, 0.1) is 17.0 Å². The highest BCUT2D eigenvalue weighted by Crippen LogP contribution is 2.21. The van der Waals surface area contributed by atoms with Gasteiger partial charge in [-0.1, -0.05) is 0 Å². The maximum absolute atomic E-state index is 13.1. The number of halogens is 2. The molecule has 1 aromatic carbocycles. The van der Waals surface area contributed by atoms with E-state index in [1.54, 1.807) is 20.8 Å². The molecule has 0 fully saturated rings. The van der Waals surface area contributed by atoms with Crippen LogP contribution >= 0.6 is 0 Å². The van der Waals surface area contributed by atoms with Crippen molar-refractivity contribution in [2.45, 2.75) is 40.2 Å². The Hall–Kier alpha value is -1.98. The van der Waals surface area contributed by atoms with Crippen LogP contribution in [0.15, 0.2) is 18.2 Å². The SMILES string of the molecule is CC(C)(C)NC(=O)C(C)(C)C(=O)Nc1ccc(F)c(F)c1. The summed E-state index contributed by atoms with van der Waals surface area (Å²) in [5, 5.41) is 5.12. The van der Waals surface area contributed by atoms with Crippen LogP contribution in [0.25, 0.3) is 0 Å². The van der Waals surface area contributed by atoms with Crippen LogP contribution in [0.2, 0.25) is 0 Å². The number of rotatable bonds is 3. The topological polar surface area (TPSA) is 58.2 Å². The van der Waals surface area contributed by atoms with Crippen molar-refractivity contribution in [3.63, 3.8) is 0 Å². The molecule has 0 aliphatic heterocycles. The summed E-state index contributed by atoms with van der Waals surface area (Å²) >= 11 is 0. The first-order chi connectivity index (χ1) is 9.43. The molecule has 0 saturated heterocycles. The van der Waals surface area contributed by atoms with Crippen LogP contribution in [0.4, 0.5) is 14.5 Å². The quantitative estimate of drug-likeness (QED) is 0.843. The number of amides is 2. The second-order valence-corrected chi connectivity index (χ2v) is 6.41. The fourth-order valence-electron chi connectivity index (χ4n) is 1.46. The highest BCUT2D eigenvalue weighted by molar-refractivity contribution is 6.10. The number of nitrogens with one attached hydrogen (secondary N) is 2. The van der Waals surface area contributed by atoms with Gasteiger partial charge in [-0.15, -0.1) is 0 Å². The maximum Gasteiger partial charge on any atom is 0.239 e. The second-order valence-electron chi connectivity index (χ2n) is 6.41. The van der Waals surface area contributed by atoms with Gasteiger partial charge in [-0.25, -0.2) is 8.78 Å². The van der Waals surface area contributed by atoms with E-state index in [9.17, 15) is 18.4 Å². The van der Waals surface area contributed by atoms with Gasteiger partial charge in [0.15, 0.2) is 11.6 Å². The Kier molecular flexibility index (Phi) is 4.71. The zero-order valence-corrected chi connectivity index (χ0v) is 12.8. The average Bonchev–Trinajstić information content (AvgIpc) is 2.31. The van der Waals surface area contributed by atoms with Crippen LogP contribution < -0.4 is 10.6 Å². The van der Waals surface area contributed by atoms with E-state index in [0.29, 0.717) is 0 Å². The molecule has 1 rings (SSSR count). The molecule has 0 bridgehead atoms. The number of benzene rings is 1. The zero-order chi connectivity index (χ0) is 16.4. The van der Waals surface area contributed by atoms with E-state index in [0.717, 1.165) is 12.1 Å². The van der Waals surface area contributed by atoms with Gasteiger partial charge in [-0.3, -0.25) is 9.59 Å². The summed E-state index contributed by atoms with van der Waals surface area (Å²) in [7, 11) is 0. The maximum atomic E-state index is 13.1. The molecule has 6 heteroatoms. The van der Waals surface area contributed by atoms with Gasteiger partial charge < -0.3 is 10.6 Å². The minimum absolute atomic E-state index is 0.0931. The van der Waals surface area contributed by atoms with Crippen molar-refractivity contribution in [2.24, 2.45) is 5.41 Å². The normalized spacial score (nSPS) is 12.0. The van der Waals surface area contributed by atoms with Gasteiger partial charge in [-0.2, -0.15) is 0 Å². The lowest BCUT2D eigenvalue weighted by Gasteiger charge is -2.28. The van der Waals surface area contributed by atoms with Crippen LogP contribution in [-0.4, -0.2) is 17.4 Å². The molecule has 1 aromatic rings. The first-order valence-electron chi connectivity index (χ1n) is 6.52. The highest BCUT2D eigenvalue weighted by atomic mass is 19.2. The Morgan fingerprint density at radius 1 is 0.952 bits per heavy atom. The van der Waals surface area contributed by atoms with E-state index >= 15 is 0 Å². The standard InChI is InChI=1S/C15H20F2N2O2/c1-14(2,3)19-13(21)15(4,5)12(20)18-9-6-7-10(16)11(17)8-9/h6-8H,1-5H3,(H,18,20)(H,19,21). The van der Waals surface area contributed by atoms with Gasteiger partial charge in [0.05, 0.1) is 0 Å². The van der Waals surface area contributed by atoms with Crippen molar-refractivity contribution >= 4 is 17.5 Å². The molecule has 0 aliphatic rings. The fraction of sp³-hybridized carbons (Fsp3) is 0.467. The van der Waals surface area contributed by atoms with Gasteiger partial charge in [-0.05, 0) is 46.8 Å². The van der Waals surface area contributed by atoms with E-state index in [1.165, 1.54) is 19.9 Å². The number of anilines is 1. The predicted octanol–water partition coefficient (Wildman–Crippen LogP) is 2.84.